The highest BCUT2D eigenvalue weighted by atomic mass is 14.0. The molecule has 0 rings (SSSR count). The van der Waals surface area contributed by atoms with Crippen LogP contribution in [0.1, 0.15) is 33.6 Å². The second kappa shape index (κ2) is 4.95. The van der Waals surface area contributed by atoms with E-state index in [1.807, 2.05) is 13.0 Å². The van der Waals surface area contributed by atoms with Gasteiger partial charge in [-0.25, -0.2) is 0 Å². The zero-order valence-corrected chi connectivity index (χ0v) is 7.91. The van der Waals surface area contributed by atoms with Crippen LogP contribution in [-0.4, -0.2) is 0 Å². The molecule has 0 radical (unpaired) electrons. The second-order valence-corrected chi connectivity index (χ2v) is 2.93. The van der Waals surface area contributed by atoms with E-state index in [1.54, 1.807) is 0 Å². The van der Waals surface area contributed by atoms with Gasteiger partial charge in [0.05, 0.1) is 0 Å². The average Bonchev–Trinajstić information content (AvgIpc) is 1.88. The van der Waals surface area contributed by atoms with E-state index in [4.69, 9.17) is 0 Å². The predicted molar refractivity (Wildman–Crippen MR) is 52.6 cm³/mol. The summed E-state index contributed by atoms with van der Waals surface area (Å²) < 4.78 is 0. The van der Waals surface area contributed by atoms with Crippen LogP contribution in [0.3, 0.4) is 0 Å². The fourth-order valence-electron chi connectivity index (χ4n) is 1.22. The smallest absolute Gasteiger partial charge is 0.0250 e. The zero-order valence-electron chi connectivity index (χ0n) is 7.91. The Hall–Kier alpha value is -0.780. The Kier molecular flexibility index (Phi) is 4.60. The molecule has 11 heavy (non-hydrogen) atoms. The van der Waals surface area contributed by atoms with Gasteiger partial charge in [0, 0.05) is 0 Å². The highest BCUT2D eigenvalue weighted by Gasteiger charge is 1.97. The molecule has 0 aromatic rings. The summed E-state index contributed by atoms with van der Waals surface area (Å²) in [5.41, 5.74) is 3.74. The second-order valence-electron chi connectivity index (χ2n) is 2.93. The highest BCUT2D eigenvalue weighted by Crippen LogP contribution is 2.17. The van der Waals surface area contributed by atoms with Crippen LogP contribution in [0.4, 0.5) is 0 Å². The van der Waals surface area contributed by atoms with Gasteiger partial charge in [-0.3, -0.25) is 0 Å². The summed E-state index contributed by atoms with van der Waals surface area (Å²) in [6.07, 6.45) is 4.23. The molecule has 0 saturated carbocycles. The van der Waals surface area contributed by atoms with Crippen molar-refractivity contribution in [3.05, 3.63) is 36.0 Å². The molecule has 0 saturated heterocycles. The molecule has 0 N–H and O–H groups in total. The molecule has 0 nitrogen and oxygen atoms in total. The maximum atomic E-state index is 3.90. The number of allylic oxidation sites excluding steroid dienone is 4. The van der Waals surface area contributed by atoms with Gasteiger partial charge in [0.1, 0.15) is 0 Å². The molecule has 62 valence electrons. The SMILES string of the molecule is C=C/C(C(=C)C)=C(\C)CCC. The Balaban J connectivity index is 4.53. The molecule has 0 aromatic heterocycles. The third kappa shape index (κ3) is 3.22. The van der Waals surface area contributed by atoms with E-state index in [0.29, 0.717) is 0 Å². The molecular weight excluding hydrogens is 132 g/mol. The lowest BCUT2D eigenvalue weighted by atomic mass is 10.0. The molecule has 0 heteroatoms. The number of rotatable bonds is 4. The Morgan fingerprint density at radius 3 is 2.18 bits per heavy atom. The molecule has 0 fully saturated rings. The minimum atomic E-state index is 1.12. The van der Waals surface area contributed by atoms with Gasteiger partial charge in [-0.05, 0) is 25.8 Å². The van der Waals surface area contributed by atoms with E-state index in [9.17, 15) is 0 Å². The molecule has 0 aliphatic rings. The average molecular weight is 150 g/mol. The molecule has 0 bridgehead atoms. The first-order valence-electron chi connectivity index (χ1n) is 4.11. The van der Waals surface area contributed by atoms with Gasteiger partial charge in [-0.1, -0.05) is 43.7 Å². The Morgan fingerprint density at radius 2 is 1.91 bits per heavy atom. The monoisotopic (exact) mass is 150 g/mol. The first kappa shape index (κ1) is 10.2. The van der Waals surface area contributed by atoms with Crippen molar-refractivity contribution in [2.24, 2.45) is 0 Å². The summed E-state index contributed by atoms with van der Waals surface area (Å²) in [5.74, 6) is 0. The van der Waals surface area contributed by atoms with Gasteiger partial charge >= 0.3 is 0 Å². The van der Waals surface area contributed by atoms with Crippen LogP contribution in [0.25, 0.3) is 0 Å². The van der Waals surface area contributed by atoms with Crippen LogP contribution >= 0.6 is 0 Å². The van der Waals surface area contributed by atoms with E-state index >= 15 is 0 Å². The van der Waals surface area contributed by atoms with Crippen molar-refractivity contribution in [2.75, 3.05) is 0 Å². The van der Waals surface area contributed by atoms with E-state index < -0.39 is 0 Å². The van der Waals surface area contributed by atoms with Crippen LogP contribution in [-0.2, 0) is 0 Å². The standard InChI is InChI=1S/C11H18/c1-6-8-10(5)11(7-2)9(3)4/h7H,2-3,6,8H2,1,4-5H3/b11-10-. The first-order valence-corrected chi connectivity index (χ1v) is 4.11. The lowest BCUT2D eigenvalue weighted by molar-refractivity contribution is 0.897. The van der Waals surface area contributed by atoms with Crippen LogP contribution in [0.2, 0.25) is 0 Å². The van der Waals surface area contributed by atoms with Crippen LogP contribution in [0.15, 0.2) is 36.0 Å². The molecule has 0 atom stereocenters. The topological polar surface area (TPSA) is 0 Å². The van der Waals surface area contributed by atoms with Crippen LogP contribution in [0.5, 0.6) is 0 Å². The van der Waals surface area contributed by atoms with Gasteiger partial charge in [-0.2, -0.15) is 0 Å². The molecule has 0 amide bonds. The van der Waals surface area contributed by atoms with Crippen molar-refractivity contribution >= 4 is 0 Å². The Bertz CT molecular complexity index is 182. The maximum Gasteiger partial charge on any atom is -0.0250 e. The molecular formula is C11H18. The van der Waals surface area contributed by atoms with Gasteiger partial charge in [0.25, 0.3) is 0 Å². The molecule has 0 aliphatic heterocycles. The minimum Gasteiger partial charge on any atom is -0.0985 e. The van der Waals surface area contributed by atoms with Crippen LogP contribution in [0, 0.1) is 0 Å². The van der Waals surface area contributed by atoms with E-state index in [2.05, 4.69) is 27.0 Å². The lowest BCUT2D eigenvalue weighted by Gasteiger charge is -2.06. The molecule has 0 spiro atoms. The number of hydrogen-bond acceptors (Lipinski definition) is 0. The quantitative estimate of drug-likeness (QED) is 0.534. The summed E-state index contributed by atoms with van der Waals surface area (Å²) in [5, 5.41) is 0. The van der Waals surface area contributed by atoms with Gasteiger partial charge < -0.3 is 0 Å². The van der Waals surface area contributed by atoms with E-state index in [0.717, 1.165) is 12.0 Å². The zero-order chi connectivity index (χ0) is 8.85. The largest absolute Gasteiger partial charge is 0.0985 e. The lowest BCUT2D eigenvalue weighted by Crippen LogP contribution is -1.86. The fourth-order valence-corrected chi connectivity index (χ4v) is 1.22. The molecule has 0 unspecified atom stereocenters. The van der Waals surface area contributed by atoms with Crippen molar-refractivity contribution in [3.63, 3.8) is 0 Å². The Morgan fingerprint density at radius 1 is 1.36 bits per heavy atom. The van der Waals surface area contributed by atoms with Gasteiger partial charge in [0.15, 0.2) is 0 Å². The van der Waals surface area contributed by atoms with E-state index in [1.165, 1.54) is 17.6 Å². The Labute approximate surface area is 70.3 Å². The normalized spacial score (nSPS) is 12.3. The third-order valence-electron chi connectivity index (χ3n) is 1.75. The summed E-state index contributed by atoms with van der Waals surface area (Å²) in [6, 6.07) is 0. The summed E-state index contributed by atoms with van der Waals surface area (Å²) in [7, 11) is 0. The maximum absolute atomic E-state index is 3.90. The minimum absolute atomic E-state index is 1.12. The summed E-state index contributed by atoms with van der Waals surface area (Å²) in [4.78, 5) is 0. The summed E-state index contributed by atoms with van der Waals surface area (Å²) in [6.45, 7) is 14.0. The third-order valence-corrected chi connectivity index (χ3v) is 1.75. The van der Waals surface area contributed by atoms with Gasteiger partial charge in [0.2, 0.25) is 0 Å². The van der Waals surface area contributed by atoms with Crippen molar-refractivity contribution in [1.29, 1.82) is 0 Å². The molecule has 0 aliphatic carbocycles. The predicted octanol–water partition coefficient (Wildman–Crippen LogP) is 3.87. The van der Waals surface area contributed by atoms with E-state index in [-0.39, 0.29) is 0 Å². The summed E-state index contributed by atoms with van der Waals surface area (Å²) >= 11 is 0. The number of hydrogen-bond donors (Lipinski definition) is 0. The fraction of sp³-hybridized carbons (Fsp3) is 0.455. The van der Waals surface area contributed by atoms with Crippen molar-refractivity contribution in [2.45, 2.75) is 33.6 Å². The van der Waals surface area contributed by atoms with Crippen molar-refractivity contribution in [3.8, 4) is 0 Å². The molecule has 0 aromatic carbocycles. The highest BCUT2D eigenvalue weighted by molar-refractivity contribution is 5.39. The van der Waals surface area contributed by atoms with Crippen molar-refractivity contribution < 1.29 is 0 Å². The van der Waals surface area contributed by atoms with Crippen LogP contribution < -0.4 is 0 Å². The van der Waals surface area contributed by atoms with Gasteiger partial charge in [-0.15, -0.1) is 0 Å². The van der Waals surface area contributed by atoms with Crippen molar-refractivity contribution in [1.82, 2.24) is 0 Å². The first-order chi connectivity index (χ1) is 5.13. The molecule has 0 heterocycles.